The average Bonchev–Trinajstić information content (AvgIpc) is 3.39. The van der Waals surface area contributed by atoms with E-state index in [1.807, 2.05) is 0 Å². The summed E-state index contributed by atoms with van der Waals surface area (Å²) in [7, 11) is 1.44. The number of amides is 8. The van der Waals surface area contributed by atoms with E-state index in [0.717, 1.165) is 17.1 Å². The minimum atomic E-state index is -1.07. The lowest BCUT2D eigenvalue weighted by molar-refractivity contribution is -0.154. The Labute approximate surface area is 303 Å². The van der Waals surface area contributed by atoms with Gasteiger partial charge in [0.05, 0.1) is 12.0 Å². The summed E-state index contributed by atoms with van der Waals surface area (Å²) in [5, 5.41) is 10.6. The number of methoxy groups -OCH3 is 1. The van der Waals surface area contributed by atoms with E-state index in [1.54, 1.807) is 58.9 Å². The molecule has 0 unspecified atom stereocenters. The van der Waals surface area contributed by atoms with Gasteiger partial charge in [-0.05, 0) is 57.2 Å². The molecule has 2 rings (SSSR count). The maximum Gasteiger partial charge on any atom is 0.312 e. The van der Waals surface area contributed by atoms with Gasteiger partial charge in [0.2, 0.25) is 23.6 Å². The van der Waals surface area contributed by atoms with E-state index < -0.39 is 71.4 Å². The van der Waals surface area contributed by atoms with Gasteiger partial charge in [-0.1, -0.05) is 26.0 Å². The van der Waals surface area contributed by atoms with Gasteiger partial charge in [0.15, 0.2) is 0 Å². The van der Waals surface area contributed by atoms with Gasteiger partial charge in [-0.2, -0.15) is 0 Å². The van der Waals surface area contributed by atoms with Crippen LogP contribution in [0.15, 0.2) is 36.4 Å². The third-order valence-electron chi connectivity index (χ3n) is 7.79. The number of urea groups is 1. The van der Waals surface area contributed by atoms with Crippen LogP contribution in [-0.2, 0) is 49.6 Å². The molecule has 17 nitrogen and oxygen atoms in total. The molecule has 0 aliphatic carbocycles. The van der Waals surface area contributed by atoms with E-state index >= 15 is 0 Å². The summed E-state index contributed by atoms with van der Waals surface area (Å²) < 4.78 is 10.4. The molecule has 1 heterocycles. The second kappa shape index (κ2) is 20.5. The van der Waals surface area contributed by atoms with Crippen molar-refractivity contribution in [1.82, 2.24) is 25.8 Å². The smallest absolute Gasteiger partial charge is 0.312 e. The molecule has 0 aromatic heterocycles. The second-order valence-corrected chi connectivity index (χ2v) is 13.5. The number of carbonyl (C=O) groups is 8. The molecular formula is C35H51N7O10. The van der Waals surface area contributed by atoms with Gasteiger partial charge in [-0.25, -0.2) is 4.79 Å². The molecule has 0 bridgehead atoms. The fraction of sp³-hybridized carbons (Fsp3) is 0.543. The van der Waals surface area contributed by atoms with Crippen molar-refractivity contribution in [2.75, 3.05) is 45.2 Å². The Bertz CT molecular complexity index is 1470. The van der Waals surface area contributed by atoms with Gasteiger partial charge in [-0.15, -0.1) is 0 Å². The Morgan fingerprint density at radius 2 is 1.56 bits per heavy atom. The van der Waals surface area contributed by atoms with Crippen molar-refractivity contribution >= 4 is 53.1 Å². The van der Waals surface area contributed by atoms with E-state index in [2.05, 4.69) is 21.3 Å². The number of anilines is 1. The lowest BCUT2D eigenvalue weighted by Crippen LogP contribution is -2.55. The molecule has 1 aliphatic rings. The predicted molar refractivity (Wildman–Crippen MR) is 189 cm³/mol. The summed E-state index contributed by atoms with van der Waals surface area (Å²) in [5.41, 5.74) is 5.62. The minimum Gasteiger partial charge on any atom is -0.460 e. The summed E-state index contributed by atoms with van der Waals surface area (Å²) in [5.74, 6) is -4.29. The Morgan fingerprint density at radius 3 is 2.12 bits per heavy atom. The van der Waals surface area contributed by atoms with Crippen molar-refractivity contribution in [3.05, 3.63) is 42.0 Å². The van der Waals surface area contributed by atoms with Gasteiger partial charge in [0.25, 0.3) is 11.8 Å². The zero-order valence-electron chi connectivity index (χ0n) is 30.6. The topological polar surface area (TPSA) is 236 Å². The molecular weight excluding hydrogens is 678 g/mol. The quantitative estimate of drug-likeness (QED) is 0.0711. The number of carbonyl (C=O) groups excluding carboxylic acids is 8. The van der Waals surface area contributed by atoms with E-state index in [-0.39, 0.29) is 58.1 Å². The Balaban J connectivity index is 2.07. The maximum absolute atomic E-state index is 13.5. The van der Waals surface area contributed by atoms with Crippen molar-refractivity contribution < 1.29 is 47.8 Å². The van der Waals surface area contributed by atoms with E-state index in [4.69, 9.17) is 15.2 Å². The highest BCUT2D eigenvalue weighted by atomic mass is 16.5. The number of rotatable bonds is 20. The van der Waals surface area contributed by atoms with Crippen LogP contribution in [0.25, 0.3) is 0 Å². The molecule has 1 aromatic rings. The molecule has 17 heteroatoms. The average molecular weight is 730 g/mol. The lowest BCUT2D eigenvalue weighted by atomic mass is 9.97. The molecule has 8 amide bonds. The number of ether oxygens (including phenoxy) is 2. The highest BCUT2D eigenvalue weighted by molar-refractivity contribution is 6.14. The number of hydrogen-bond donors (Lipinski definition) is 5. The molecule has 0 radical (unpaired) electrons. The fourth-order valence-corrected chi connectivity index (χ4v) is 4.73. The van der Waals surface area contributed by atoms with E-state index in [0.29, 0.717) is 11.3 Å². The molecule has 0 spiro atoms. The van der Waals surface area contributed by atoms with Crippen LogP contribution in [0.4, 0.5) is 10.5 Å². The van der Waals surface area contributed by atoms with Crippen molar-refractivity contribution in [1.29, 1.82) is 0 Å². The van der Waals surface area contributed by atoms with Crippen LogP contribution in [0.5, 0.6) is 0 Å². The van der Waals surface area contributed by atoms with Gasteiger partial charge < -0.3 is 41.4 Å². The highest BCUT2D eigenvalue weighted by Crippen LogP contribution is 2.18. The first-order chi connectivity index (χ1) is 24.4. The maximum atomic E-state index is 13.5. The third-order valence-corrected chi connectivity index (χ3v) is 7.79. The largest absolute Gasteiger partial charge is 0.460 e. The molecule has 0 fully saturated rings. The Hall–Kier alpha value is -5.32. The van der Waals surface area contributed by atoms with Crippen molar-refractivity contribution in [3.63, 3.8) is 0 Å². The zero-order valence-corrected chi connectivity index (χ0v) is 30.6. The van der Waals surface area contributed by atoms with Crippen LogP contribution in [-0.4, -0.2) is 109 Å². The Kier molecular flexibility index (Phi) is 16.9. The van der Waals surface area contributed by atoms with E-state index in [9.17, 15) is 38.4 Å². The third kappa shape index (κ3) is 14.5. The molecule has 0 saturated heterocycles. The van der Waals surface area contributed by atoms with Crippen molar-refractivity contribution in [2.45, 2.75) is 72.6 Å². The van der Waals surface area contributed by atoms with Gasteiger partial charge in [-0.3, -0.25) is 38.5 Å². The van der Waals surface area contributed by atoms with Crippen molar-refractivity contribution in [2.24, 2.45) is 17.1 Å². The van der Waals surface area contributed by atoms with Crippen LogP contribution in [0.3, 0.4) is 0 Å². The molecule has 0 saturated carbocycles. The first kappa shape index (κ1) is 42.8. The van der Waals surface area contributed by atoms with Crippen LogP contribution in [0, 0.1) is 11.3 Å². The number of primary amides is 1. The van der Waals surface area contributed by atoms with Crippen LogP contribution in [0.1, 0.15) is 59.4 Å². The predicted octanol–water partition coefficient (Wildman–Crippen LogP) is 0.579. The SMILES string of the molecule is COCCN(CCC(=O)N[C@H](C(=O)N[C@@H](CCCNC(N)=O)C(=O)Nc1ccc(COC(=O)C(C)(C)C)cc1)C(C)C)C(=O)CN1C(=O)C=CC1=O. The highest BCUT2D eigenvalue weighted by Gasteiger charge is 2.31. The summed E-state index contributed by atoms with van der Waals surface area (Å²) in [6.07, 6.45) is 2.33. The summed E-state index contributed by atoms with van der Waals surface area (Å²) in [6.45, 7) is 8.52. The fourth-order valence-electron chi connectivity index (χ4n) is 4.73. The summed E-state index contributed by atoms with van der Waals surface area (Å²) in [6, 6.07) is 3.76. The standard InChI is InChI=1S/C35H51N7O10/c1-22(2)30(40-26(43)15-17-41(18-19-51-6)29(46)20-42-27(44)13-14-28(42)45)32(48)39-25(8-7-16-37-34(36)50)31(47)38-24-11-9-23(10-12-24)21-52-33(49)35(3,4)5/h9-14,22,25,30H,7-8,15-21H2,1-6H3,(H,38,47)(H,39,48)(H,40,43)(H3,36,37,50)/t25-,30-/m0/s1. The summed E-state index contributed by atoms with van der Waals surface area (Å²) >= 11 is 0. The van der Waals surface area contributed by atoms with Crippen LogP contribution >= 0.6 is 0 Å². The van der Waals surface area contributed by atoms with Crippen LogP contribution < -0.4 is 27.0 Å². The normalized spacial score (nSPS) is 13.7. The van der Waals surface area contributed by atoms with Crippen molar-refractivity contribution in [3.8, 4) is 0 Å². The summed E-state index contributed by atoms with van der Waals surface area (Å²) in [4.78, 5) is 102. The second-order valence-electron chi connectivity index (χ2n) is 13.5. The zero-order chi connectivity index (χ0) is 39.0. The number of nitrogens with zero attached hydrogens (tertiary/aromatic N) is 2. The number of nitrogens with two attached hydrogens (primary N) is 1. The number of imide groups is 1. The van der Waals surface area contributed by atoms with Gasteiger partial charge >= 0.3 is 12.0 Å². The number of benzene rings is 1. The first-order valence-electron chi connectivity index (χ1n) is 16.9. The molecule has 1 aromatic carbocycles. The molecule has 6 N–H and O–H groups in total. The monoisotopic (exact) mass is 729 g/mol. The Morgan fingerprint density at radius 1 is 0.923 bits per heavy atom. The van der Waals surface area contributed by atoms with E-state index in [1.165, 1.54) is 12.0 Å². The molecule has 52 heavy (non-hydrogen) atoms. The lowest BCUT2D eigenvalue weighted by Gasteiger charge is -2.27. The number of hydrogen-bond acceptors (Lipinski definition) is 10. The minimum absolute atomic E-state index is 0.0536. The van der Waals surface area contributed by atoms with Crippen LogP contribution in [0.2, 0.25) is 0 Å². The van der Waals surface area contributed by atoms with Gasteiger partial charge in [0, 0.05) is 51.0 Å². The number of esters is 1. The first-order valence-corrected chi connectivity index (χ1v) is 16.9. The molecule has 2 atom stereocenters. The van der Waals surface area contributed by atoms with Gasteiger partial charge in [0.1, 0.15) is 25.2 Å². The molecule has 1 aliphatic heterocycles. The number of nitrogens with one attached hydrogen (secondary N) is 4. The molecule has 286 valence electrons.